The van der Waals surface area contributed by atoms with Gasteiger partial charge in [0.25, 0.3) is 0 Å². The van der Waals surface area contributed by atoms with Gasteiger partial charge in [0.1, 0.15) is 0 Å². The molecule has 0 amide bonds. The van der Waals surface area contributed by atoms with Crippen molar-refractivity contribution in [2.75, 3.05) is 7.05 Å². The molecule has 0 bridgehead atoms. The summed E-state index contributed by atoms with van der Waals surface area (Å²) in [7, 11) is 2.00. The molecule has 4 heteroatoms. The van der Waals surface area contributed by atoms with Gasteiger partial charge in [-0.3, -0.25) is 4.68 Å². The van der Waals surface area contributed by atoms with Crippen LogP contribution in [0.5, 0.6) is 0 Å². The lowest BCUT2D eigenvalue weighted by molar-refractivity contribution is 0.526. The first-order valence-corrected chi connectivity index (χ1v) is 7.06. The van der Waals surface area contributed by atoms with Crippen LogP contribution < -0.4 is 5.32 Å². The Bertz CT molecular complexity index is 507. The minimum absolute atomic E-state index is 0.345. The normalized spacial score (nSPS) is 12.6. The van der Waals surface area contributed by atoms with Crippen molar-refractivity contribution in [2.45, 2.75) is 32.4 Å². The molecule has 1 unspecified atom stereocenters. The summed E-state index contributed by atoms with van der Waals surface area (Å²) in [6.07, 6.45) is 3.66. The molecule has 3 nitrogen and oxygen atoms in total. The van der Waals surface area contributed by atoms with Crippen molar-refractivity contribution >= 4 is 11.6 Å². The molecule has 0 radical (unpaired) electrons. The summed E-state index contributed by atoms with van der Waals surface area (Å²) in [4.78, 5) is 0. The minimum atomic E-state index is 0.345. The molecule has 1 aromatic heterocycles. The molecule has 1 atom stereocenters. The first-order valence-electron chi connectivity index (χ1n) is 6.68. The lowest BCUT2D eigenvalue weighted by Gasteiger charge is -2.17. The average molecular weight is 278 g/mol. The van der Waals surface area contributed by atoms with Gasteiger partial charge in [0.15, 0.2) is 0 Å². The summed E-state index contributed by atoms with van der Waals surface area (Å²) in [6.45, 7) is 2.94. The molecule has 0 fully saturated rings. The number of nitrogens with zero attached hydrogens (tertiary/aromatic N) is 2. The summed E-state index contributed by atoms with van der Waals surface area (Å²) in [6, 6.07) is 10.8. The van der Waals surface area contributed by atoms with Crippen molar-refractivity contribution in [3.05, 3.63) is 52.8 Å². The number of aryl methyl sites for hydroxylation is 1. The second kappa shape index (κ2) is 6.73. The molecule has 0 aliphatic carbocycles. The van der Waals surface area contributed by atoms with E-state index in [1.807, 2.05) is 17.8 Å². The highest BCUT2D eigenvalue weighted by Gasteiger charge is 2.13. The Labute approximate surface area is 119 Å². The highest BCUT2D eigenvalue weighted by molar-refractivity contribution is 6.31. The summed E-state index contributed by atoms with van der Waals surface area (Å²) in [5.74, 6) is 0. The fourth-order valence-electron chi connectivity index (χ4n) is 2.35. The second-order valence-corrected chi connectivity index (χ2v) is 4.95. The van der Waals surface area contributed by atoms with Gasteiger partial charge >= 0.3 is 0 Å². The third-order valence-corrected chi connectivity index (χ3v) is 3.73. The van der Waals surface area contributed by atoms with Crippen LogP contribution in [0.2, 0.25) is 5.02 Å². The molecule has 0 aliphatic rings. The van der Waals surface area contributed by atoms with Gasteiger partial charge in [0.2, 0.25) is 0 Å². The summed E-state index contributed by atoms with van der Waals surface area (Å²) in [5, 5.41) is 8.41. The molecule has 1 heterocycles. The summed E-state index contributed by atoms with van der Waals surface area (Å²) in [5.41, 5.74) is 2.43. The van der Waals surface area contributed by atoms with E-state index in [0.29, 0.717) is 6.04 Å². The standard InChI is InChI=1S/C15H20ClN3/c1-3-19-15(13(16)11-18-19)10-9-14(17-2)12-7-5-4-6-8-12/h4-8,11,14,17H,3,9-10H2,1-2H3. The van der Waals surface area contributed by atoms with Crippen molar-refractivity contribution in [1.29, 1.82) is 0 Å². The van der Waals surface area contributed by atoms with Crippen molar-refractivity contribution in [1.82, 2.24) is 15.1 Å². The lowest BCUT2D eigenvalue weighted by atomic mass is 10.0. The zero-order valence-corrected chi connectivity index (χ0v) is 12.2. The van der Waals surface area contributed by atoms with Gasteiger partial charge in [-0.15, -0.1) is 0 Å². The molecule has 2 rings (SSSR count). The number of aromatic nitrogens is 2. The Kier molecular flexibility index (Phi) is 5.00. The Balaban J connectivity index is 2.06. The zero-order chi connectivity index (χ0) is 13.7. The quantitative estimate of drug-likeness (QED) is 0.876. The molecular formula is C15H20ClN3. The van der Waals surface area contributed by atoms with E-state index in [1.165, 1.54) is 5.56 Å². The van der Waals surface area contributed by atoms with Gasteiger partial charge in [-0.1, -0.05) is 41.9 Å². The molecule has 1 aromatic carbocycles. The van der Waals surface area contributed by atoms with Crippen LogP contribution in [-0.2, 0) is 13.0 Å². The van der Waals surface area contributed by atoms with Crippen molar-refractivity contribution in [3.8, 4) is 0 Å². The van der Waals surface area contributed by atoms with E-state index < -0.39 is 0 Å². The van der Waals surface area contributed by atoms with Gasteiger partial charge in [0.05, 0.1) is 16.9 Å². The van der Waals surface area contributed by atoms with E-state index in [2.05, 4.69) is 41.6 Å². The third-order valence-electron chi connectivity index (χ3n) is 3.42. The van der Waals surface area contributed by atoms with Crippen LogP contribution in [0.3, 0.4) is 0 Å². The third kappa shape index (κ3) is 3.37. The van der Waals surface area contributed by atoms with Gasteiger partial charge in [-0.25, -0.2) is 0 Å². The topological polar surface area (TPSA) is 29.9 Å². The monoisotopic (exact) mass is 277 g/mol. The van der Waals surface area contributed by atoms with E-state index in [-0.39, 0.29) is 0 Å². The maximum atomic E-state index is 6.19. The molecule has 102 valence electrons. The molecule has 19 heavy (non-hydrogen) atoms. The molecular weight excluding hydrogens is 258 g/mol. The predicted octanol–water partition coefficient (Wildman–Crippen LogP) is 3.45. The number of hydrogen-bond acceptors (Lipinski definition) is 2. The average Bonchev–Trinajstić information content (AvgIpc) is 2.81. The summed E-state index contributed by atoms with van der Waals surface area (Å²) < 4.78 is 1.97. The predicted molar refractivity (Wildman–Crippen MR) is 79.5 cm³/mol. The summed E-state index contributed by atoms with van der Waals surface area (Å²) >= 11 is 6.19. The Morgan fingerprint density at radius 3 is 2.68 bits per heavy atom. The Morgan fingerprint density at radius 1 is 1.32 bits per heavy atom. The van der Waals surface area contributed by atoms with Gasteiger partial charge in [0, 0.05) is 12.6 Å². The van der Waals surface area contributed by atoms with Gasteiger partial charge < -0.3 is 5.32 Å². The SMILES string of the molecule is CCn1ncc(Cl)c1CCC(NC)c1ccccc1. The molecule has 1 N–H and O–H groups in total. The van der Waals surface area contributed by atoms with E-state index in [4.69, 9.17) is 11.6 Å². The van der Waals surface area contributed by atoms with Gasteiger partial charge in [-0.05, 0) is 32.4 Å². The van der Waals surface area contributed by atoms with Crippen LogP contribution in [0.1, 0.15) is 30.6 Å². The molecule has 0 spiro atoms. The highest BCUT2D eigenvalue weighted by Crippen LogP contribution is 2.22. The van der Waals surface area contributed by atoms with E-state index in [1.54, 1.807) is 6.20 Å². The maximum absolute atomic E-state index is 6.19. The number of hydrogen-bond donors (Lipinski definition) is 1. The van der Waals surface area contributed by atoms with Crippen LogP contribution in [-0.4, -0.2) is 16.8 Å². The first kappa shape index (κ1) is 14.1. The highest BCUT2D eigenvalue weighted by atomic mass is 35.5. The first-order chi connectivity index (χ1) is 9.26. The molecule has 0 saturated carbocycles. The number of nitrogens with one attached hydrogen (secondary N) is 1. The van der Waals surface area contributed by atoms with Crippen LogP contribution in [0, 0.1) is 0 Å². The smallest absolute Gasteiger partial charge is 0.0817 e. The van der Waals surface area contributed by atoms with Crippen molar-refractivity contribution in [3.63, 3.8) is 0 Å². The van der Waals surface area contributed by atoms with Gasteiger partial charge in [-0.2, -0.15) is 5.10 Å². The molecule has 0 aliphatic heterocycles. The van der Waals surface area contributed by atoms with E-state index in [9.17, 15) is 0 Å². The zero-order valence-electron chi connectivity index (χ0n) is 11.4. The van der Waals surface area contributed by atoms with E-state index >= 15 is 0 Å². The lowest BCUT2D eigenvalue weighted by Crippen LogP contribution is -2.17. The molecule has 2 aromatic rings. The fourth-order valence-corrected chi connectivity index (χ4v) is 2.59. The van der Waals surface area contributed by atoms with Crippen LogP contribution in [0.4, 0.5) is 0 Å². The molecule has 0 saturated heterocycles. The maximum Gasteiger partial charge on any atom is 0.0817 e. The number of rotatable bonds is 6. The Hall–Kier alpha value is -1.32. The largest absolute Gasteiger partial charge is 0.313 e. The van der Waals surface area contributed by atoms with Crippen LogP contribution in [0.15, 0.2) is 36.5 Å². The second-order valence-electron chi connectivity index (χ2n) is 4.55. The van der Waals surface area contributed by atoms with Crippen LogP contribution >= 0.6 is 11.6 Å². The van der Waals surface area contributed by atoms with E-state index in [0.717, 1.165) is 30.1 Å². The van der Waals surface area contributed by atoms with Crippen molar-refractivity contribution < 1.29 is 0 Å². The Morgan fingerprint density at radius 2 is 2.05 bits per heavy atom. The fraction of sp³-hybridized carbons (Fsp3) is 0.400. The van der Waals surface area contributed by atoms with Crippen molar-refractivity contribution in [2.24, 2.45) is 0 Å². The minimum Gasteiger partial charge on any atom is -0.313 e. The van der Waals surface area contributed by atoms with Crippen LogP contribution in [0.25, 0.3) is 0 Å². The number of halogens is 1. The number of benzene rings is 1.